The summed E-state index contributed by atoms with van der Waals surface area (Å²) in [7, 11) is 0. The Balaban J connectivity index is 3.14. The van der Waals surface area contributed by atoms with E-state index in [1.807, 2.05) is 13.0 Å². The molecule has 0 radical (unpaired) electrons. The van der Waals surface area contributed by atoms with E-state index >= 15 is 0 Å². The van der Waals surface area contributed by atoms with Crippen molar-refractivity contribution in [3.8, 4) is 5.75 Å². The second-order valence-electron chi connectivity index (χ2n) is 4.90. The quantitative estimate of drug-likeness (QED) is 0.819. The van der Waals surface area contributed by atoms with Crippen molar-refractivity contribution >= 4 is 0 Å². The minimum atomic E-state index is 0.351. The highest BCUT2D eigenvalue weighted by Gasteiger charge is 2.13. The Morgan fingerprint density at radius 2 is 1.81 bits per heavy atom. The van der Waals surface area contributed by atoms with Gasteiger partial charge in [0.1, 0.15) is 5.75 Å². The molecule has 3 N–H and O–H groups in total. The molecule has 1 unspecified atom stereocenters. The van der Waals surface area contributed by atoms with Crippen LogP contribution in [0.2, 0.25) is 0 Å². The molecule has 1 aromatic carbocycles. The summed E-state index contributed by atoms with van der Waals surface area (Å²) in [5, 5.41) is 9.87. The third-order valence-electron chi connectivity index (χ3n) is 3.17. The maximum Gasteiger partial charge on any atom is 0.119 e. The smallest absolute Gasteiger partial charge is 0.119 e. The maximum absolute atomic E-state index is 9.87. The fourth-order valence-corrected chi connectivity index (χ4v) is 2.13. The summed E-state index contributed by atoms with van der Waals surface area (Å²) in [5.74, 6) is 1.23. The van der Waals surface area contributed by atoms with Crippen LogP contribution in [0.1, 0.15) is 55.7 Å². The lowest BCUT2D eigenvalue weighted by molar-refractivity contribution is 0.463. The van der Waals surface area contributed by atoms with E-state index in [2.05, 4.69) is 26.8 Å². The molecule has 0 aliphatic carbocycles. The number of aromatic hydroxyl groups is 1. The Hall–Kier alpha value is -1.02. The van der Waals surface area contributed by atoms with E-state index in [4.69, 9.17) is 5.73 Å². The van der Waals surface area contributed by atoms with Crippen molar-refractivity contribution in [3.05, 3.63) is 28.8 Å². The predicted octanol–water partition coefficient (Wildman–Crippen LogP) is 3.28. The number of nitrogens with two attached hydrogens (primary N) is 1. The standard InChI is InChI=1S/C14H23NO/c1-9(2)12-8-13(10(3)5-6-15)11(4)7-14(12)16/h7-10,16H,5-6,15H2,1-4H3. The first-order valence-electron chi connectivity index (χ1n) is 6.00. The number of phenolic OH excluding ortho intramolecular Hbond substituents is 1. The van der Waals surface area contributed by atoms with Gasteiger partial charge in [0.15, 0.2) is 0 Å². The van der Waals surface area contributed by atoms with Crippen LogP contribution in [0, 0.1) is 6.92 Å². The zero-order valence-electron chi connectivity index (χ0n) is 10.7. The first-order valence-corrected chi connectivity index (χ1v) is 6.00. The number of hydrogen-bond acceptors (Lipinski definition) is 2. The van der Waals surface area contributed by atoms with E-state index in [0.29, 0.717) is 24.1 Å². The summed E-state index contributed by atoms with van der Waals surface area (Å²) in [6.45, 7) is 9.14. The summed E-state index contributed by atoms with van der Waals surface area (Å²) >= 11 is 0. The molecular weight excluding hydrogens is 198 g/mol. The molecule has 2 nitrogen and oxygen atoms in total. The number of hydrogen-bond donors (Lipinski definition) is 2. The molecule has 1 rings (SSSR count). The fraction of sp³-hybridized carbons (Fsp3) is 0.571. The number of aryl methyl sites for hydroxylation is 1. The number of rotatable bonds is 4. The van der Waals surface area contributed by atoms with E-state index in [9.17, 15) is 5.11 Å². The molecule has 90 valence electrons. The highest BCUT2D eigenvalue weighted by atomic mass is 16.3. The maximum atomic E-state index is 9.87. The first kappa shape index (κ1) is 13.0. The van der Waals surface area contributed by atoms with Gasteiger partial charge < -0.3 is 10.8 Å². The van der Waals surface area contributed by atoms with Crippen LogP contribution >= 0.6 is 0 Å². The normalized spacial score (nSPS) is 13.1. The second-order valence-corrected chi connectivity index (χ2v) is 4.90. The topological polar surface area (TPSA) is 46.2 Å². The van der Waals surface area contributed by atoms with Gasteiger partial charge in [0.05, 0.1) is 0 Å². The van der Waals surface area contributed by atoms with Gasteiger partial charge in [0.25, 0.3) is 0 Å². The molecule has 0 aliphatic rings. The van der Waals surface area contributed by atoms with E-state index in [0.717, 1.165) is 17.5 Å². The van der Waals surface area contributed by atoms with E-state index in [1.54, 1.807) is 0 Å². The van der Waals surface area contributed by atoms with Crippen molar-refractivity contribution < 1.29 is 5.11 Å². The van der Waals surface area contributed by atoms with E-state index in [-0.39, 0.29) is 0 Å². The second kappa shape index (κ2) is 5.35. The molecule has 0 saturated carbocycles. The lowest BCUT2D eigenvalue weighted by atomic mass is 9.89. The van der Waals surface area contributed by atoms with Crippen molar-refractivity contribution in [2.24, 2.45) is 5.73 Å². The minimum absolute atomic E-state index is 0.351. The van der Waals surface area contributed by atoms with Gasteiger partial charge in [-0.15, -0.1) is 0 Å². The van der Waals surface area contributed by atoms with Crippen LogP contribution in [0.3, 0.4) is 0 Å². The SMILES string of the molecule is Cc1cc(O)c(C(C)C)cc1C(C)CCN. The highest BCUT2D eigenvalue weighted by Crippen LogP contribution is 2.32. The molecule has 2 heteroatoms. The number of benzene rings is 1. The summed E-state index contributed by atoms with van der Waals surface area (Å²) < 4.78 is 0. The van der Waals surface area contributed by atoms with Crippen LogP contribution in [0.15, 0.2) is 12.1 Å². The third kappa shape index (κ3) is 2.76. The van der Waals surface area contributed by atoms with Crippen molar-refractivity contribution in [3.63, 3.8) is 0 Å². The van der Waals surface area contributed by atoms with E-state index in [1.165, 1.54) is 5.56 Å². The highest BCUT2D eigenvalue weighted by molar-refractivity contribution is 5.44. The van der Waals surface area contributed by atoms with Crippen LogP contribution in [-0.2, 0) is 0 Å². The fourth-order valence-electron chi connectivity index (χ4n) is 2.13. The van der Waals surface area contributed by atoms with Crippen molar-refractivity contribution in [2.45, 2.75) is 46.0 Å². The van der Waals surface area contributed by atoms with Gasteiger partial charge in [-0.1, -0.05) is 26.8 Å². The third-order valence-corrected chi connectivity index (χ3v) is 3.17. The summed E-state index contributed by atoms with van der Waals surface area (Å²) in [6, 6.07) is 4.01. The first-order chi connectivity index (χ1) is 7.47. The molecule has 0 bridgehead atoms. The lowest BCUT2D eigenvalue weighted by Gasteiger charge is -2.18. The Kier molecular flexibility index (Phi) is 4.36. The van der Waals surface area contributed by atoms with Crippen LogP contribution in [0.4, 0.5) is 0 Å². The van der Waals surface area contributed by atoms with Gasteiger partial charge in [-0.3, -0.25) is 0 Å². The Bertz CT molecular complexity index is 358. The van der Waals surface area contributed by atoms with Crippen LogP contribution in [0.5, 0.6) is 5.75 Å². The van der Waals surface area contributed by atoms with Crippen LogP contribution in [-0.4, -0.2) is 11.7 Å². The summed E-state index contributed by atoms with van der Waals surface area (Å²) in [4.78, 5) is 0. The molecule has 0 amide bonds. The van der Waals surface area contributed by atoms with Crippen molar-refractivity contribution in [2.75, 3.05) is 6.54 Å². The van der Waals surface area contributed by atoms with Gasteiger partial charge in [-0.2, -0.15) is 0 Å². The molecule has 0 spiro atoms. The molecule has 0 fully saturated rings. The molecule has 0 aliphatic heterocycles. The molecule has 0 saturated heterocycles. The largest absolute Gasteiger partial charge is 0.508 e. The predicted molar refractivity (Wildman–Crippen MR) is 69.0 cm³/mol. The average molecular weight is 221 g/mol. The van der Waals surface area contributed by atoms with Crippen molar-refractivity contribution in [1.29, 1.82) is 0 Å². The summed E-state index contributed by atoms with van der Waals surface area (Å²) in [6.07, 6.45) is 0.989. The molecular formula is C14H23NO. The molecule has 1 aromatic rings. The van der Waals surface area contributed by atoms with Gasteiger partial charge in [-0.05, 0) is 54.5 Å². The van der Waals surface area contributed by atoms with Gasteiger partial charge in [-0.25, -0.2) is 0 Å². The Morgan fingerprint density at radius 3 is 2.31 bits per heavy atom. The van der Waals surface area contributed by atoms with E-state index < -0.39 is 0 Å². The van der Waals surface area contributed by atoms with Gasteiger partial charge in [0, 0.05) is 0 Å². The zero-order valence-corrected chi connectivity index (χ0v) is 10.7. The summed E-state index contributed by atoms with van der Waals surface area (Å²) in [5.41, 5.74) is 9.09. The van der Waals surface area contributed by atoms with Gasteiger partial charge >= 0.3 is 0 Å². The van der Waals surface area contributed by atoms with Crippen LogP contribution < -0.4 is 5.73 Å². The molecule has 0 heterocycles. The number of phenols is 1. The molecule has 1 atom stereocenters. The monoisotopic (exact) mass is 221 g/mol. The zero-order chi connectivity index (χ0) is 12.3. The van der Waals surface area contributed by atoms with Crippen molar-refractivity contribution in [1.82, 2.24) is 0 Å². The van der Waals surface area contributed by atoms with Gasteiger partial charge in [0.2, 0.25) is 0 Å². The molecule has 16 heavy (non-hydrogen) atoms. The Morgan fingerprint density at radius 1 is 1.19 bits per heavy atom. The van der Waals surface area contributed by atoms with Crippen LogP contribution in [0.25, 0.3) is 0 Å². The lowest BCUT2D eigenvalue weighted by Crippen LogP contribution is -2.06. The minimum Gasteiger partial charge on any atom is -0.508 e. The average Bonchev–Trinajstić information content (AvgIpc) is 2.17. The molecule has 0 aromatic heterocycles. The Labute approximate surface area is 98.5 Å².